The fourth-order valence-corrected chi connectivity index (χ4v) is 2.22. The minimum atomic E-state index is -1.33. The van der Waals surface area contributed by atoms with Crippen LogP contribution in [-0.4, -0.2) is 50.3 Å². The molecule has 0 saturated carbocycles. The van der Waals surface area contributed by atoms with E-state index in [0.717, 1.165) is 10.8 Å². The largest absolute Gasteiger partial charge is 0.396 e. The van der Waals surface area contributed by atoms with Crippen LogP contribution in [0.5, 0.6) is 0 Å². The van der Waals surface area contributed by atoms with Crippen molar-refractivity contribution in [2.75, 3.05) is 18.9 Å². The van der Waals surface area contributed by atoms with E-state index in [9.17, 15) is 24.5 Å². The molecule has 2 heterocycles. The lowest BCUT2D eigenvalue weighted by atomic mass is 9.81. The van der Waals surface area contributed by atoms with Gasteiger partial charge in [-0.3, -0.25) is 4.57 Å². The molecule has 1 aliphatic heterocycles. The molecule has 5 N–H and O–H groups in total. The van der Waals surface area contributed by atoms with E-state index in [2.05, 4.69) is 4.98 Å². The third kappa shape index (κ3) is 2.08. The van der Waals surface area contributed by atoms with E-state index in [1.54, 1.807) is 0 Å². The number of nitrogens with two attached hydrogens (primary N) is 1. The van der Waals surface area contributed by atoms with Crippen LogP contribution >= 0.6 is 0 Å². The second kappa shape index (κ2) is 5.09. The van der Waals surface area contributed by atoms with Gasteiger partial charge in [0.2, 0.25) is 0 Å². The van der Waals surface area contributed by atoms with Crippen molar-refractivity contribution >= 4 is 5.82 Å². The Morgan fingerprint density at radius 2 is 2.25 bits per heavy atom. The topological polar surface area (TPSA) is 131 Å². The van der Waals surface area contributed by atoms with Gasteiger partial charge in [-0.1, -0.05) is 6.92 Å². The molecular formula is C11H16FN3O5. The second-order valence-corrected chi connectivity index (χ2v) is 4.97. The average Bonchev–Trinajstić information content (AvgIpc) is 2.67. The van der Waals surface area contributed by atoms with Crippen molar-refractivity contribution in [3.63, 3.8) is 0 Å². The molecule has 9 heteroatoms. The van der Waals surface area contributed by atoms with Gasteiger partial charge in [-0.25, -0.2) is 9.18 Å². The van der Waals surface area contributed by atoms with Crippen LogP contribution in [0.2, 0.25) is 0 Å². The van der Waals surface area contributed by atoms with Crippen molar-refractivity contribution in [2.45, 2.75) is 25.4 Å². The monoisotopic (exact) mass is 289 g/mol. The predicted molar refractivity (Wildman–Crippen MR) is 65.1 cm³/mol. The smallest absolute Gasteiger partial charge is 0.351 e. The summed E-state index contributed by atoms with van der Waals surface area (Å²) in [5.41, 5.74) is 3.09. The molecule has 2 rings (SSSR count). The van der Waals surface area contributed by atoms with Crippen LogP contribution in [0.1, 0.15) is 13.2 Å². The number of aromatic nitrogens is 2. The number of hydrogen-bond acceptors (Lipinski definition) is 7. The number of nitrogens with zero attached hydrogens (tertiary/aromatic N) is 2. The van der Waals surface area contributed by atoms with Crippen molar-refractivity contribution in [2.24, 2.45) is 5.41 Å². The molecule has 1 aromatic heterocycles. The summed E-state index contributed by atoms with van der Waals surface area (Å²) in [6, 6.07) is 0. The van der Waals surface area contributed by atoms with Crippen LogP contribution in [0, 0.1) is 11.2 Å². The van der Waals surface area contributed by atoms with Gasteiger partial charge >= 0.3 is 5.69 Å². The summed E-state index contributed by atoms with van der Waals surface area (Å²) in [5.74, 6) is -1.49. The molecule has 8 nitrogen and oxygen atoms in total. The Bertz CT molecular complexity index is 565. The molecule has 1 aliphatic rings. The van der Waals surface area contributed by atoms with Crippen molar-refractivity contribution in [3.05, 3.63) is 22.5 Å². The summed E-state index contributed by atoms with van der Waals surface area (Å²) in [6.45, 7) is 0.546. The summed E-state index contributed by atoms with van der Waals surface area (Å²) in [4.78, 5) is 15.0. The van der Waals surface area contributed by atoms with Gasteiger partial charge in [-0.05, 0) is 0 Å². The molecule has 112 valence electrons. The zero-order chi connectivity index (χ0) is 15.1. The van der Waals surface area contributed by atoms with Crippen LogP contribution in [0.4, 0.5) is 10.2 Å². The van der Waals surface area contributed by atoms with Gasteiger partial charge in [0.1, 0.15) is 6.10 Å². The first-order chi connectivity index (χ1) is 9.35. The lowest BCUT2D eigenvalue weighted by Gasteiger charge is -2.29. The van der Waals surface area contributed by atoms with E-state index in [0.29, 0.717) is 0 Å². The van der Waals surface area contributed by atoms with Crippen LogP contribution < -0.4 is 11.4 Å². The molecule has 0 spiro atoms. The maximum Gasteiger partial charge on any atom is 0.351 e. The molecule has 0 aliphatic carbocycles. The number of aliphatic hydroxyl groups excluding tert-OH is 3. The van der Waals surface area contributed by atoms with Crippen LogP contribution in [0.15, 0.2) is 11.0 Å². The normalized spacial score (nSPS) is 33.5. The number of hydrogen-bond donors (Lipinski definition) is 4. The van der Waals surface area contributed by atoms with Crippen LogP contribution in [0.3, 0.4) is 0 Å². The Hall–Kier alpha value is -1.55. The molecular weight excluding hydrogens is 273 g/mol. The molecule has 1 fully saturated rings. The minimum absolute atomic E-state index is 0.468. The third-order valence-electron chi connectivity index (χ3n) is 3.70. The van der Waals surface area contributed by atoms with Gasteiger partial charge in [0, 0.05) is 5.41 Å². The third-order valence-corrected chi connectivity index (χ3v) is 3.70. The van der Waals surface area contributed by atoms with E-state index in [-0.39, 0.29) is 0 Å². The lowest BCUT2D eigenvalue weighted by molar-refractivity contribution is -0.0574. The van der Waals surface area contributed by atoms with Crippen molar-refractivity contribution in [1.29, 1.82) is 0 Å². The number of aliphatic hydroxyl groups is 3. The standard InChI is InChI=1S/C11H16FN3O5/c1-11(4-17)6(3-16)20-9(7(11)18)15-2-5(12)8(13)14-10(15)19/h2,6-7,9,16-18H,3-4H2,1H3,(H2,13,14,19)/t6-,7?,9-,11?/m1/s1. The average molecular weight is 289 g/mol. The molecule has 1 saturated heterocycles. The quantitative estimate of drug-likeness (QED) is 0.517. The van der Waals surface area contributed by atoms with Gasteiger partial charge in [0.15, 0.2) is 17.9 Å². The number of halogens is 1. The summed E-state index contributed by atoms with van der Waals surface area (Å²) in [5, 5.41) is 28.8. The van der Waals surface area contributed by atoms with Crippen LogP contribution in [0.25, 0.3) is 0 Å². The Morgan fingerprint density at radius 3 is 2.75 bits per heavy atom. The first-order valence-electron chi connectivity index (χ1n) is 5.94. The van der Waals surface area contributed by atoms with Gasteiger partial charge in [0.05, 0.1) is 25.5 Å². The molecule has 4 atom stereocenters. The van der Waals surface area contributed by atoms with E-state index in [1.807, 2.05) is 0 Å². The van der Waals surface area contributed by atoms with Crippen molar-refractivity contribution < 1.29 is 24.4 Å². The molecule has 1 aromatic rings. The van der Waals surface area contributed by atoms with Gasteiger partial charge < -0.3 is 25.8 Å². The first-order valence-corrected chi connectivity index (χ1v) is 5.94. The van der Waals surface area contributed by atoms with Crippen molar-refractivity contribution in [1.82, 2.24) is 9.55 Å². The molecule has 0 radical (unpaired) electrons. The molecule has 0 aromatic carbocycles. The lowest BCUT2D eigenvalue weighted by Crippen LogP contribution is -2.43. The first kappa shape index (κ1) is 14.9. The highest BCUT2D eigenvalue weighted by atomic mass is 19.1. The summed E-state index contributed by atoms with van der Waals surface area (Å²) in [7, 11) is 0. The summed E-state index contributed by atoms with van der Waals surface area (Å²) >= 11 is 0. The van der Waals surface area contributed by atoms with E-state index in [4.69, 9.17) is 10.5 Å². The number of rotatable bonds is 3. The van der Waals surface area contributed by atoms with E-state index >= 15 is 0 Å². The van der Waals surface area contributed by atoms with Gasteiger partial charge in [-0.15, -0.1) is 0 Å². The zero-order valence-electron chi connectivity index (χ0n) is 10.7. The Labute approximate surface area is 113 Å². The molecule has 0 amide bonds. The zero-order valence-corrected chi connectivity index (χ0v) is 10.7. The predicted octanol–water partition coefficient (Wildman–Crippen LogP) is -1.79. The highest BCUT2D eigenvalue weighted by Crippen LogP contribution is 2.42. The number of anilines is 1. The Kier molecular flexibility index (Phi) is 3.78. The van der Waals surface area contributed by atoms with Gasteiger partial charge in [-0.2, -0.15) is 4.98 Å². The molecule has 2 unspecified atom stereocenters. The van der Waals surface area contributed by atoms with Gasteiger partial charge in [0.25, 0.3) is 0 Å². The fourth-order valence-electron chi connectivity index (χ4n) is 2.22. The van der Waals surface area contributed by atoms with E-state index < -0.39 is 54.4 Å². The number of nitrogen functional groups attached to an aromatic ring is 1. The highest BCUT2D eigenvalue weighted by Gasteiger charge is 2.53. The van der Waals surface area contributed by atoms with Crippen LogP contribution in [-0.2, 0) is 4.74 Å². The maximum atomic E-state index is 13.4. The maximum absolute atomic E-state index is 13.4. The molecule has 20 heavy (non-hydrogen) atoms. The Morgan fingerprint density at radius 1 is 1.60 bits per heavy atom. The Balaban J connectivity index is 2.45. The van der Waals surface area contributed by atoms with Crippen molar-refractivity contribution in [3.8, 4) is 0 Å². The number of ether oxygens (including phenoxy) is 1. The minimum Gasteiger partial charge on any atom is -0.396 e. The summed E-state index contributed by atoms with van der Waals surface area (Å²) in [6.07, 6.45) is -2.72. The molecule has 0 bridgehead atoms. The highest BCUT2D eigenvalue weighted by molar-refractivity contribution is 5.26. The van der Waals surface area contributed by atoms with E-state index in [1.165, 1.54) is 6.92 Å². The summed E-state index contributed by atoms with van der Waals surface area (Å²) < 4.78 is 19.5. The second-order valence-electron chi connectivity index (χ2n) is 4.97. The SMILES string of the molecule is CC1(CO)C(O)[C@H](n2cc(F)c(N)nc2=O)O[C@@H]1CO. The fraction of sp³-hybridized carbons (Fsp3) is 0.636.